The molecule has 146 valence electrons. The smallest absolute Gasteiger partial charge is 0.145 e. The van der Waals surface area contributed by atoms with E-state index in [1.54, 1.807) is 22.7 Å². The van der Waals surface area contributed by atoms with Gasteiger partial charge in [0.25, 0.3) is 0 Å². The summed E-state index contributed by atoms with van der Waals surface area (Å²) in [6, 6.07) is 29.1. The summed E-state index contributed by atoms with van der Waals surface area (Å²) in [5.74, 6) is 0. The summed E-state index contributed by atoms with van der Waals surface area (Å²) >= 11 is 3.39. The Kier molecular flexibility index (Phi) is 3.59. The van der Waals surface area contributed by atoms with Crippen LogP contribution in [0.15, 0.2) is 89.3 Å². The third-order valence-corrected chi connectivity index (χ3v) is 7.71. The standard InChI is InChI=1S/C26H14N2OS2/c1-3-13-21-19(11-1)27-25(30-21)17-9-5-7-15-16-8-6-10-18(24(16)29-23(15)17)26-28-20-12-2-4-14-22(20)31-26/h1-14H. The fourth-order valence-corrected chi connectivity index (χ4v) is 6.11. The minimum atomic E-state index is 0.880. The molecule has 5 heteroatoms. The summed E-state index contributed by atoms with van der Waals surface area (Å²) in [4.78, 5) is 9.72. The number of hydrogen-bond donors (Lipinski definition) is 0. The van der Waals surface area contributed by atoms with Crippen LogP contribution < -0.4 is 0 Å². The van der Waals surface area contributed by atoms with Gasteiger partial charge in [0.05, 0.1) is 31.6 Å². The molecule has 0 radical (unpaired) electrons. The van der Waals surface area contributed by atoms with E-state index < -0.39 is 0 Å². The van der Waals surface area contributed by atoms with Crippen LogP contribution in [-0.4, -0.2) is 9.97 Å². The van der Waals surface area contributed by atoms with Gasteiger partial charge in [0, 0.05) is 10.8 Å². The molecule has 0 fully saturated rings. The van der Waals surface area contributed by atoms with Gasteiger partial charge in [-0.3, -0.25) is 0 Å². The fourth-order valence-electron chi connectivity index (χ4n) is 4.13. The molecule has 3 nitrogen and oxygen atoms in total. The van der Waals surface area contributed by atoms with Gasteiger partial charge in [-0.1, -0.05) is 48.5 Å². The van der Waals surface area contributed by atoms with E-state index in [1.165, 1.54) is 9.40 Å². The molecule has 0 N–H and O–H groups in total. The van der Waals surface area contributed by atoms with Crippen LogP contribution in [0.2, 0.25) is 0 Å². The largest absolute Gasteiger partial charge is 0.455 e. The van der Waals surface area contributed by atoms with Gasteiger partial charge >= 0.3 is 0 Å². The molecule has 0 unspecified atom stereocenters. The Morgan fingerprint density at radius 2 is 1.00 bits per heavy atom. The lowest BCUT2D eigenvalue weighted by molar-refractivity contribution is 0.671. The van der Waals surface area contributed by atoms with E-state index in [1.807, 2.05) is 12.1 Å². The van der Waals surface area contributed by atoms with Crippen molar-refractivity contribution in [3.63, 3.8) is 0 Å². The van der Waals surface area contributed by atoms with Crippen molar-refractivity contribution >= 4 is 65.0 Å². The molecular weight excluding hydrogens is 420 g/mol. The lowest BCUT2D eigenvalue weighted by Crippen LogP contribution is -1.77. The molecule has 3 heterocycles. The number of benzene rings is 4. The molecule has 31 heavy (non-hydrogen) atoms. The zero-order chi connectivity index (χ0) is 20.4. The van der Waals surface area contributed by atoms with Crippen molar-refractivity contribution < 1.29 is 4.42 Å². The Labute approximate surface area is 185 Å². The molecule has 0 spiro atoms. The maximum Gasteiger partial charge on any atom is 0.145 e. The average Bonchev–Trinajstić information content (AvgIpc) is 3.52. The minimum absolute atomic E-state index is 0.880. The zero-order valence-corrected chi connectivity index (χ0v) is 17.8. The first-order valence-corrected chi connectivity index (χ1v) is 11.6. The predicted molar refractivity (Wildman–Crippen MR) is 131 cm³/mol. The molecule has 0 aliphatic rings. The number of aromatic nitrogens is 2. The normalized spacial score (nSPS) is 11.9. The van der Waals surface area contributed by atoms with E-state index in [0.717, 1.165) is 54.1 Å². The lowest BCUT2D eigenvalue weighted by atomic mass is 10.1. The van der Waals surface area contributed by atoms with E-state index in [9.17, 15) is 0 Å². The minimum Gasteiger partial charge on any atom is -0.455 e. The molecule has 0 saturated heterocycles. The SMILES string of the molecule is c1ccc2sc(-c3cccc4c3oc3c(-c5nc6ccccc6s5)cccc34)nc2c1. The Bertz CT molecular complexity index is 1560. The molecule has 0 amide bonds. The van der Waals surface area contributed by atoms with Crippen molar-refractivity contribution in [3.05, 3.63) is 84.9 Å². The van der Waals surface area contributed by atoms with Crippen LogP contribution in [0.25, 0.3) is 63.5 Å². The van der Waals surface area contributed by atoms with Crippen LogP contribution in [0, 0.1) is 0 Å². The first-order valence-electron chi connectivity index (χ1n) is 10.0. The van der Waals surface area contributed by atoms with Gasteiger partial charge in [0.2, 0.25) is 0 Å². The molecule has 0 atom stereocenters. The molecule has 0 saturated carbocycles. The van der Waals surface area contributed by atoms with Crippen LogP contribution in [0.1, 0.15) is 0 Å². The summed E-state index contributed by atoms with van der Waals surface area (Å²) in [6.07, 6.45) is 0. The van der Waals surface area contributed by atoms with E-state index in [-0.39, 0.29) is 0 Å². The molecule has 7 rings (SSSR count). The Hall–Kier alpha value is -3.54. The second-order valence-corrected chi connectivity index (χ2v) is 9.50. The maximum atomic E-state index is 6.55. The number of nitrogens with zero attached hydrogens (tertiary/aromatic N) is 2. The van der Waals surface area contributed by atoms with Crippen molar-refractivity contribution in [1.82, 2.24) is 9.97 Å². The number of rotatable bonds is 2. The first-order chi connectivity index (χ1) is 15.3. The van der Waals surface area contributed by atoms with Crippen LogP contribution in [0.4, 0.5) is 0 Å². The Morgan fingerprint density at radius 1 is 0.516 bits per heavy atom. The molecule has 0 bridgehead atoms. The molecule has 7 aromatic rings. The third kappa shape index (κ3) is 2.57. The van der Waals surface area contributed by atoms with Gasteiger partial charge in [-0.25, -0.2) is 9.97 Å². The predicted octanol–water partition coefficient (Wildman–Crippen LogP) is 8.14. The fraction of sp³-hybridized carbons (Fsp3) is 0. The molecule has 0 aliphatic heterocycles. The summed E-state index contributed by atoms with van der Waals surface area (Å²) in [5.41, 5.74) is 5.86. The second-order valence-electron chi connectivity index (χ2n) is 7.44. The van der Waals surface area contributed by atoms with Gasteiger partial charge in [-0.2, -0.15) is 0 Å². The molecule has 4 aromatic carbocycles. The molecule has 0 aliphatic carbocycles. The summed E-state index contributed by atoms with van der Waals surface area (Å²) in [6.45, 7) is 0. The van der Waals surface area contributed by atoms with Crippen molar-refractivity contribution in [2.24, 2.45) is 0 Å². The topological polar surface area (TPSA) is 38.9 Å². The highest BCUT2D eigenvalue weighted by atomic mass is 32.1. The number of furan rings is 1. The van der Waals surface area contributed by atoms with E-state index in [4.69, 9.17) is 14.4 Å². The van der Waals surface area contributed by atoms with Crippen LogP contribution >= 0.6 is 22.7 Å². The summed E-state index contributed by atoms with van der Waals surface area (Å²) in [7, 11) is 0. The highest BCUT2D eigenvalue weighted by Crippen LogP contribution is 2.42. The quantitative estimate of drug-likeness (QED) is 0.276. The van der Waals surface area contributed by atoms with Gasteiger partial charge in [-0.15, -0.1) is 22.7 Å². The second kappa shape index (κ2) is 6.48. The Balaban J connectivity index is 1.50. The highest BCUT2D eigenvalue weighted by Gasteiger charge is 2.18. The van der Waals surface area contributed by atoms with Crippen molar-refractivity contribution in [2.45, 2.75) is 0 Å². The number of thiazole rings is 2. The van der Waals surface area contributed by atoms with E-state index >= 15 is 0 Å². The molecule has 3 aromatic heterocycles. The van der Waals surface area contributed by atoms with Crippen LogP contribution in [0.5, 0.6) is 0 Å². The van der Waals surface area contributed by atoms with Crippen molar-refractivity contribution in [2.75, 3.05) is 0 Å². The molecular formula is C26H14N2OS2. The average molecular weight is 435 g/mol. The number of hydrogen-bond acceptors (Lipinski definition) is 5. The van der Waals surface area contributed by atoms with Crippen molar-refractivity contribution in [1.29, 1.82) is 0 Å². The van der Waals surface area contributed by atoms with E-state index in [0.29, 0.717) is 0 Å². The highest BCUT2D eigenvalue weighted by molar-refractivity contribution is 7.22. The van der Waals surface area contributed by atoms with Gasteiger partial charge in [0.1, 0.15) is 21.2 Å². The first kappa shape index (κ1) is 17.2. The maximum absolute atomic E-state index is 6.55. The number of fused-ring (bicyclic) bond motifs is 5. The Morgan fingerprint density at radius 3 is 1.48 bits per heavy atom. The zero-order valence-electron chi connectivity index (χ0n) is 16.2. The van der Waals surface area contributed by atoms with Gasteiger partial charge in [0.15, 0.2) is 0 Å². The van der Waals surface area contributed by atoms with Crippen molar-refractivity contribution in [3.8, 4) is 21.1 Å². The van der Waals surface area contributed by atoms with Gasteiger partial charge < -0.3 is 4.42 Å². The summed E-state index contributed by atoms with van der Waals surface area (Å²) < 4.78 is 8.91. The third-order valence-electron chi connectivity index (χ3n) is 5.57. The van der Waals surface area contributed by atoms with Crippen LogP contribution in [-0.2, 0) is 0 Å². The monoisotopic (exact) mass is 434 g/mol. The van der Waals surface area contributed by atoms with Crippen LogP contribution in [0.3, 0.4) is 0 Å². The number of para-hydroxylation sites is 4. The lowest BCUT2D eigenvalue weighted by Gasteiger charge is -1.97. The van der Waals surface area contributed by atoms with Gasteiger partial charge in [-0.05, 0) is 36.4 Å². The summed E-state index contributed by atoms with van der Waals surface area (Å²) in [5, 5.41) is 4.17. The van der Waals surface area contributed by atoms with E-state index in [2.05, 4.69) is 72.8 Å².